The molecule has 9 heteroatoms. The van der Waals surface area contributed by atoms with E-state index in [0.717, 1.165) is 0 Å². The maximum Gasteiger partial charge on any atom is 0.243 e. The zero-order valence-electron chi connectivity index (χ0n) is 8.92. The Kier molecular flexibility index (Phi) is 4.78. The minimum Gasteiger partial charge on any atom is -0.392 e. The fraction of sp³-hybridized carbons (Fsp3) is 0.375. The topological polar surface area (TPSA) is 98.0 Å². The number of aromatic nitrogens is 2. The normalized spacial score (nSPS) is 13.1. The van der Waals surface area contributed by atoms with Gasteiger partial charge in [-0.2, -0.15) is 0 Å². The SMILES string of the molecule is CCC(C(N)=S)S(=O)(=O)Nc1cnc(Br)cn1. The van der Waals surface area contributed by atoms with E-state index in [9.17, 15) is 8.42 Å². The second-order valence-corrected chi connectivity index (χ2v) is 6.32. The van der Waals surface area contributed by atoms with Gasteiger partial charge >= 0.3 is 0 Å². The van der Waals surface area contributed by atoms with E-state index >= 15 is 0 Å². The number of sulfonamides is 1. The van der Waals surface area contributed by atoms with E-state index in [2.05, 4.69) is 30.6 Å². The molecule has 0 saturated heterocycles. The highest BCUT2D eigenvalue weighted by Crippen LogP contribution is 2.12. The van der Waals surface area contributed by atoms with Crippen LogP contribution in [0.3, 0.4) is 0 Å². The molecule has 0 saturated carbocycles. The van der Waals surface area contributed by atoms with Gasteiger partial charge in [-0.05, 0) is 22.4 Å². The molecule has 6 nitrogen and oxygen atoms in total. The first kappa shape index (κ1) is 14.3. The van der Waals surface area contributed by atoms with Crippen molar-refractivity contribution in [3.8, 4) is 0 Å². The van der Waals surface area contributed by atoms with Gasteiger partial charge in [-0.25, -0.2) is 18.4 Å². The quantitative estimate of drug-likeness (QED) is 0.778. The molecule has 0 aliphatic carbocycles. The van der Waals surface area contributed by atoms with Crippen molar-refractivity contribution < 1.29 is 8.42 Å². The summed E-state index contributed by atoms with van der Waals surface area (Å²) in [5.41, 5.74) is 5.38. The lowest BCUT2D eigenvalue weighted by atomic mass is 10.3. The van der Waals surface area contributed by atoms with Gasteiger partial charge in [0, 0.05) is 0 Å². The highest BCUT2D eigenvalue weighted by molar-refractivity contribution is 9.10. The molecule has 1 unspecified atom stereocenters. The van der Waals surface area contributed by atoms with Crippen molar-refractivity contribution in [2.45, 2.75) is 18.6 Å². The van der Waals surface area contributed by atoms with Crippen molar-refractivity contribution in [2.75, 3.05) is 4.72 Å². The van der Waals surface area contributed by atoms with E-state index < -0.39 is 15.3 Å². The number of nitrogens with zero attached hydrogens (tertiary/aromatic N) is 2. The van der Waals surface area contributed by atoms with Gasteiger partial charge in [-0.3, -0.25) is 4.72 Å². The Morgan fingerprint density at radius 1 is 1.59 bits per heavy atom. The summed E-state index contributed by atoms with van der Waals surface area (Å²) in [5, 5.41) is -0.914. The van der Waals surface area contributed by atoms with Crippen LogP contribution in [-0.2, 0) is 10.0 Å². The third-order valence-corrected chi connectivity index (χ3v) is 4.60. The van der Waals surface area contributed by atoms with Crippen LogP contribution in [0.4, 0.5) is 5.82 Å². The summed E-state index contributed by atoms with van der Waals surface area (Å²) in [6.45, 7) is 1.69. The van der Waals surface area contributed by atoms with Gasteiger partial charge in [-0.15, -0.1) is 0 Å². The Balaban J connectivity index is 2.93. The predicted molar refractivity (Wildman–Crippen MR) is 73.1 cm³/mol. The van der Waals surface area contributed by atoms with Crippen molar-refractivity contribution in [1.29, 1.82) is 0 Å². The zero-order chi connectivity index (χ0) is 13.1. The van der Waals surface area contributed by atoms with Crippen LogP contribution in [0.15, 0.2) is 17.0 Å². The van der Waals surface area contributed by atoms with Crippen LogP contribution in [0, 0.1) is 0 Å². The van der Waals surface area contributed by atoms with Gasteiger partial charge in [0.25, 0.3) is 0 Å². The number of hydrogen-bond donors (Lipinski definition) is 2. The molecule has 1 aromatic rings. The number of anilines is 1. The summed E-state index contributed by atoms with van der Waals surface area (Å²) < 4.78 is 26.6. The Hall–Kier alpha value is -0.800. The number of hydrogen-bond acceptors (Lipinski definition) is 5. The van der Waals surface area contributed by atoms with E-state index in [1.807, 2.05) is 0 Å². The third kappa shape index (κ3) is 3.86. The first-order valence-electron chi connectivity index (χ1n) is 4.65. The standard InChI is InChI=1S/C8H11BrN4O2S2/c1-2-5(8(10)16)17(14,15)13-7-4-11-6(9)3-12-7/h3-5H,2H2,1H3,(H2,10,16)(H,12,13). The fourth-order valence-electron chi connectivity index (χ4n) is 1.16. The molecular formula is C8H11BrN4O2S2. The average molecular weight is 339 g/mol. The van der Waals surface area contributed by atoms with Gasteiger partial charge in [-0.1, -0.05) is 19.1 Å². The van der Waals surface area contributed by atoms with E-state index in [4.69, 9.17) is 18.0 Å². The lowest BCUT2D eigenvalue weighted by Crippen LogP contribution is -2.37. The molecule has 0 radical (unpaired) electrons. The van der Waals surface area contributed by atoms with E-state index in [0.29, 0.717) is 11.0 Å². The van der Waals surface area contributed by atoms with Crippen molar-refractivity contribution in [2.24, 2.45) is 5.73 Å². The predicted octanol–water partition coefficient (Wildman–Crippen LogP) is 1.05. The largest absolute Gasteiger partial charge is 0.392 e. The summed E-state index contributed by atoms with van der Waals surface area (Å²) in [6.07, 6.45) is 2.99. The van der Waals surface area contributed by atoms with Gasteiger partial charge in [0.15, 0.2) is 5.82 Å². The minimum absolute atomic E-state index is 0.0647. The molecule has 94 valence electrons. The van der Waals surface area contributed by atoms with Gasteiger partial charge in [0.05, 0.1) is 17.4 Å². The smallest absolute Gasteiger partial charge is 0.243 e. The van der Waals surface area contributed by atoms with Gasteiger partial charge in [0.2, 0.25) is 10.0 Å². The van der Waals surface area contributed by atoms with Crippen molar-refractivity contribution >= 4 is 49.0 Å². The maximum atomic E-state index is 11.9. The molecule has 0 amide bonds. The van der Waals surface area contributed by atoms with Crippen LogP contribution in [0.2, 0.25) is 0 Å². The first-order chi connectivity index (χ1) is 7.86. The van der Waals surface area contributed by atoms with Crippen molar-refractivity contribution in [3.05, 3.63) is 17.0 Å². The second-order valence-electron chi connectivity index (χ2n) is 3.17. The zero-order valence-corrected chi connectivity index (χ0v) is 12.1. The number of rotatable bonds is 5. The summed E-state index contributed by atoms with van der Waals surface area (Å²) in [7, 11) is -3.67. The van der Waals surface area contributed by atoms with Crippen molar-refractivity contribution in [1.82, 2.24) is 9.97 Å². The van der Waals surface area contributed by atoms with Crippen LogP contribution >= 0.6 is 28.1 Å². The molecule has 0 bridgehead atoms. The van der Waals surface area contributed by atoms with E-state index in [-0.39, 0.29) is 10.8 Å². The molecule has 1 rings (SSSR count). The number of halogens is 1. The molecule has 1 heterocycles. The molecule has 0 aromatic carbocycles. The van der Waals surface area contributed by atoms with Gasteiger partial charge in [0.1, 0.15) is 9.85 Å². The molecule has 17 heavy (non-hydrogen) atoms. The molecule has 0 fully saturated rings. The molecule has 0 aliphatic rings. The van der Waals surface area contributed by atoms with Crippen molar-refractivity contribution in [3.63, 3.8) is 0 Å². The monoisotopic (exact) mass is 338 g/mol. The molecular weight excluding hydrogens is 328 g/mol. The Morgan fingerprint density at radius 2 is 2.24 bits per heavy atom. The fourth-order valence-corrected chi connectivity index (χ4v) is 3.19. The molecule has 1 aromatic heterocycles. The second kappa shape index (κ2) is 5.69. The van der Waals surface area contributed by atoms with Crippen LogP contribution in [0.25, 0.3) is 0 Å². The average Bonchev–Trinajstić information content (AvgIpc) is 2.21. The summed E-state index contributed by atoms with van der Waals surface area (Å²) in [5.74, 6) is 0.128. The van der Waals surface area contributed by atoms with Crippen LogP contribution < -0.4 is 10.5 Å². The maximum absolute atomic E-state index is 11.9. The third-order valence-electron chi connectivity index (χ3n) is 1.93. The summed E-state index contributed by atoms with van der Waals surface area (Å²) in [6, 6.07) is 0. The van der Waals surface area contributed by atoms with Crippen LogP contribution in [-0.4, -0.2) is 28.6 Å². The molecule has 0 aliphatic heterocycles. The number of nitrogens with two attached hydrogens (primary N) is 1. The van der Waals surface area contributed by atoms with E-state index in [1.165, 1.54) is 12.4 Å². The number of nitrogens with one attached hydrogen (secondary N) is 1. The van der Waals surface area contributed by atoms with Crippen LogP contribution in [0.5, 0.6) is 0 Å². The van der Waals surface area contributed by atoms with Gasteiger partial charge < -0.3 is 5.73 Å². The van der Waals surface area contributed by atoms with Crippen LogP contribution in [0.1, 0.15) is 13.3 Å². The highest BCUT2D eigenvalue weighted by atomic mass is 79.9. The van der Waals surface area contributed by atoms with E-state index in [1.54, 1.807) is 6.92 Å². The minimum atomic E-state index is -3.67. The Labute approximate surface area is 113 Å². The molecule has 0 spiro atoms. The summed E-state index contributed by atoms with van der Waals surface area (Å²) in [4.78, 5) is 7.65. The first-order valence-corrected chi connectivity index (χ1v) is 7.40. The molecule has 3 N–H and O–H groups in total. The Morgan fingerprint density at radius 3 is 2.65 bits per heavy atom. The lowest BCUT2D eigenvalue weighted by molar-refractivity contribution is 0.594. The molecule has 1 atom stereocenters. The highest BCUT2D eigenvalue weighted by Gasteiger charge is 2.26. The Bertz CT molecular complexity index is 503. The lowest BCUT2D eigenvalue weighted by Gasteiger charge is -2.15. The number of thiocarbonyl (C=S) groups is 1. The summed E-state index contributed by atoms with van der Waals surface area (Å²) >= 11 is 7.82.